The van der Waals surface area contributed by atoms with Gasteiger partial charge in [0.1, 0.15) is 0 Å². The molecule has 1 aliphatic carbocycles. The van der Waals surface area contributed by atoms with Gasteiger partial charge < -0.3 is 9.88 Å². The summed E-state index contributed by atoms with van der Waals surface area (Å²) < 4.78 is 1.28. The van der Waals surface area contributed by atoms with Crippen LogP contribution >= 0.6 is 11.3 Å². The Hall–Kier alpha value is -6.62. The first kappa shape index (κ1) is 35.8. The molecular weight excluding hydrogens is 719 g/mol. The van der Waals surface area contributed by atoms with Gasteiger partial charge in [-0.1, -0.05) is 152 Å². The first-order valence-electron chi connectivity index (χ1n) is 20.1. The summed E-state index contributed by atoms with van der Waals surface area (Å²) in [5, 5.41) is 6.16. The number of para-hydroxylation sites is 1. The van der Waals surface area contributed by atoms with Crippen LogP contribution in [0.3, 0.4) is 0 Å². The molecule has 0 saturated carbocycles. The van der Waals surface area contributed by atoms with Crippen molar-refractivity contribution in [2.75, 3.05) is 4.90 Å². The summed E-state index contributed by atoms with van der Waals surface area (Å²) in [5.41, 5.74) is 14.8. The van der Waals surface area contributed by atoms with E-state index in [-0.39, 0.29) is 0 Å². The predicted molar refractivity (Wildman–Crippen MR) is 254 cm³/mol. The van der Waals surface area contributed by atoms with Crippen LogP contribution in [0.2, 0.25) is 6.82 Å². The first-order valence-corrected chi connectivity index (χ1v) is 20.9. The van der Waals surface area contributed by atoms with Crippen molar-refractivity contribution in [2.45, 2.75) is 26.6 Å². The molecule has 10 rings (SSSR count). The number of H-pyrrole nitrogens is 1. The monoisotopic (exact) mass is 761 g/mol. The summed E-state index contributed by atoms with van der Waals surface area (Å²) in [4.78, 5) is 7.51. The van der Waals surface area contributed by atoms with Gasteiger partial charge in [0.05, 0.1) is 5.52 Å². The Balaban J connectivity index is 1.19. The third-order valence-electron chi connectivity index (χ3n) is 11.6. The van der Waals surface area contributed by atoms with Crippen molar-refractivity contribution in [2.24, 2.45) is 0 Å². The maximum absolute atomic E-state index is 4.93. The van der Waals surface area contributed by atoms with Crippen LogP contribution in [0.5, 0.6) is 0 Å². The van der Waals surface area contributed by atoms with Gasteiger partial charge in [-0.15, -0.1) is 11.3 Å². The number of allylic oxidation sites excluding steroid dienone is 5. The molecule has 2 nitrogen and oxygen atoms in total. The number of fused-ring (bicyclic) bond motifs is 5. The lowest BCUT2D eigenvalue weighted by molar-refractivity contribution is 1.04. The highest BCUT2D eigenvalue weighted by molar-refractivity contribution is 7.19. The second kappa shape index (κ2) is 15.0. The number of rotatable bonds is 9. The van der Waals surface area contributed by atoms with E-state index >= 15 is 0 Å². The van der Waals surface area contributed by atoms with Crippen molar-refractivity contribution in [1.82, 2.24) is 4.98 Å². The van der Waals surface area contributed by atoms with Gasteiger partial charge in [0.15, 0.2) is 7.28 Å². The van der Waals surface area contributed by atoms with E-state index in [4.69, 9.17) is 6.58 Å². The normalized spacial score (nSPS) is 13.1. The van der Waals surface area contributed by atoms with Gasteiger partial charge in [-0.2, -0.15) is 0 Å². The number of hydrogen-bond donors (Lipinski definition) is 1. The largest absolute Gasteiger partial charge is 0.354 e. The molecule has 0 bridgehead atoms. The van der Waals surface area contributed by atoms with Crippen LogP contribution in [0.4, 0.5) is 11.4 Å². The quantitative estimate of drug-likeness (QED) is 0.115. The minimum Gasteiger partial charge on any atom is -0.354 e. The maximum atomic E-state index is 4.93. The number of benzene rings is 7. The van der Waals surface area contributed by atoms with Crippen molar-refractivity contribution in [3.8, 4) is 11.1 Å². The Morgan fingerprint density at radius 3 is 2.24 bits per heavy atom. The molecular formula is C54H42BN2S. The van der Waals surface area contributed by atoms with Crippen LogP contribution in [0.15, 0.2) is 188 Å². The summed E-state index contributed by atoms with van der Waals surface area (Å²) >= 11 is 1.85. The van der Waals surface area contributed by atoms with E-state index in [2.05, 4.69) is 207 Å². The molecule has 277 valence electrons. The van der Waals surface area contributed by atoms with E-state index in [0.29, 0.717) is 0 Å². The van der Waals surface area contributed by atoms with Crippen LogP contribution in [-0.4, -0.2) is 12.3 Å². The number of thiophene rings is 1. The fourth-order valence-corrected chi connectivity index (χ4v) is 9.82. The highest BCUT2D eigenvalue weighted by atomic mass is 32.1. The fraction of sp³-hybridized carbons (Fsp3) is 0.0741. The van der Waals surface area contributed by atoms with Crippen LogP contribution in [0.25, 0.3) is 64.9 Å². The molecule has 0 spiro atoms. The van der Waals surface area contributed by atoms with Crippen molar-refractivity contribution in [3.63, 3.8) is 0 Å². The summed E-state index contributed by atoms with van der Waals surface area (Å²) in [5.74, 6) is 0. The zero-order chi connectivity index (χ0) is 39.2. The zero-order valence-corrected chi connectivity index (χ0v) is 33.6. The number of nitrogens with one attached hydrogen (secondary N) is 1. The Morgan fingerprint density at radius 2 is 1.45 bits per heavy atom. The minimum absolute atomic E-state index is 0.878. The number of aromatic nitrogens is 1. The topological polar surface area (TPSA) is 19.0 Å². The second-order valence-corrected chi connectivity index (χ2v) is 16.4. The Morgan fingerprint density at radius 1 is 0.707 bits per heavy atom. The Bertz CT molecular complexity index is 3120. The number of anilines is 2. The highest BCUT2D eigenvalue weighted by Gasteiger charge is 2.22. The van der Waals surface area contributed by atoms with Crippen LogP contribution in [0.1, 0.15) is 34.4 Å². The van der Waals surface area contributed by atoms with Crippen LogP contribution in [-0.2, 0) is 0 Å². The predicted octanol–water partition coefficient (Wildman–Crippen LogP) is 14.6. The molecule has 2 heterocycles. The summed E-state index contributed by atoms with van der Waals surface area (Å²) in [6.07, 6.45) is 11.4. The second-order valence-electron chi connectivity index (χ2n) is 15.1. The summed E-state index contributed by atoms with van der Waals surface area (Å²) in [7, 11) is 2.21. The van der Waals surface area contributed by atoms with Crippen molar-refractivity contribution >= 4 is 89.3 Å². The molecule has 2 aromatic heterocycles. The average molecular weight is 762 g/mol. The molecule has 58 heavy (non-hydrogen) atoms. The van der Waals surface area contributed by atoms with Crippen LogP contribution < -0.4 is 10.4 Å². The molecule has 0 saturated heterocycles. The lowest BCUT2D eigenvalue weighted by Gasteiger charge is -2.29. The average Bonchev–Trinajstić information content (AvgIpc) is 3.81. The molecule has 0 atom stereocenters. The maximum Gasteiger partial charge on any atom is 0.151 e. The van der Waals surface area contributed by atoms with Gasteiger partial charge >= 0.3 is 0 Å². The van der Waals surface area contributed by atoms with E-state index in [1.54, 1.807) is 0 Å². The molecule has 0 amide bonds. The molecule has 7 aromatic carbocycles. The summed E-state index contributed by atoms with van der Waals surface area (Å²) in [6.45, 7) is 9.31. The van der Waals surface area contributed by atoms with Gasteiger partial charge in [0.25, 0.3) is 0 Å². The molecule has 0 unspecified atom stereocenters. The molecule has 1 radical (unpaired) electrons. The number of aryl methyl sites for hydroxylation is 1. The van der Waals surface area contributed by atoms with Gasteiger partial charge in [0.2, 0.25) is 0 Å². The molecule has 4 heteroatoms. The van der Waals surface area contributed by atoms with Gasteiger partial charge in [-0.05, 0) is 101 Å². The van der Waals surface area contributed by atoms with Crippen molar-refractivity contribution < 1.29 is 0 Å². The minimum atomic E-state index is 0.878. The zero-order valence-electron chi connectivity index (χ0n) is 32.8. The molecule has 1 aliphatic rings. The number of hydrogen-bond acceptors (Lipinski definition) is 2. The van der Waals surface area contributed by atoms with Gasteiger partial charge in [-0.3, -0.25) is 0 Å². The number of aromatic amines is 1. The smallest absolute Gasteiger partial charge is 0.151 e. The number of nitrogens with zero attached hydrogens (tertiary/aromatic N) is 1. The third-order valence-corrected chi connectivity index (χ3v) is 12.7. The highest BCUT2D eigenvalue weighted by Crippen LogP contribution is 2.43. The van der Waals surface area contributed by atoms with Gasteiger partial charge in [0, 0.05) is 59.5 Å². The molecule has 0 fully saturated rings. The molecule has 9 aromatic rings. The first-order chi connectivity index (χ1) is 28.5. The van der Waals surface area contributed by atoms with Crippen molar-refractivity contribution in [1.29, 1.82) is 0 Å². The van der Waals surface area contributed by atoms with E-state index in [9.17, 15) is 0 Å². The summed E-state index contributed by atoms with van der Waals surface area (Å²) in [6, 6.07) is 55.2. The standard InChI is InChI=1S/C54H42BN2S/c1-35(57(43-28-25-39(26-29-43)37-15-6-4-7-16-37)51-30-27-42(33-49(51)55-3)38-17-8-5-9-18-38)31-48(53-36(2)58-52-24-13-12-21-46(52)53)45-23-14-22-44-47-32-40-19-10-11-20-41(40)34-50(47)56-54(44)45/h5-6,8-34,56H,1,4,7H2,2-3H3/b48-31-. The van der Waals surface area contributed by atoms with E-state index in [1.807, 2.05) is 11.3 Å². The molecule has 0 aliphatic heterocycles. The SMILES string of the molecule is C=C(/C=C(\c1c(C)sc2ccccc12)c1cccc2c1[nH]c1cc3ccccc3cc12)N(c1ccc(C2=CCCC=C2)cc1)c1ccc(-c2ccccc2)cc1[B]C. The Kier molecular flexibility index (Phi) is 9.28. The van der Waals surface area contributed by atoms with E-state index in [1.165, 1.54) is 64.3 Å². The van der Waals surface area contributed by atoms with Crippen LogP contribution in [0, 0.1) is 6.92 Å². The van der Waals surface area contributed by atoms with Gasteiger partial charge in [-0.25, -0.2) is 0 Å². The lowest BCUT2D eigenvalue weighted by atomic mass is 9.71. The fourth-order valence-electron chi connectivity index (χ4n) is 8.74. The van der Waals surface area contributed by atoms with Crippen molar-refractivity contribution in [3.05, 3.63) is 210 Å². The van der Waals surface area contributed by atoms with E-state index in [0.717, 1.165) is 57.5 Å². The Labute approximate surface area is 345 Å². The lowest BCUT2D eigenvalue weighted by Crippen LogP contribution is -2.25. The van der Waals surface area contributed by atoms with E-state index < -0.39 is 0 Å². The third kappa shape index (κ3) is 6.40. The molecule has 1 N–H and O–H groups in total.